The average molecular weight is 310 g/mol. The Morgan fingerprint density at radius 3 is 2.95 bits per heavy atom. The van der Waals surface area contributed by atoms with Crippen LogP contribution >= 0.6 is 11.6 Å². The minimum Gasteiger partial charge on any atom is -0.324 e. The van der Waals surface area contributed by atoms with E-state index in [2.05, 4.69) is 28.4 Å². The molecule has 0 spiro atoms. The molecule has 0 aliphatic carbocycles. The second-order valence-electron chi connectivity index (χ2n) is 6.07. The van der Waals surface area contributed by atoms with Gasteiger partial charge in [0.25, 0.3) is 0 Å². The molecule has 1 aromatic carbocycles. The van der Waals surface area contributed by atoms with Gasteiger partial charge in [0, 0.05) is 31.0 Å². The number of aromatic nitrogens is 2. The smallest absolute Gasteiger partial charge is 0.125 e. The maximum Gasteiger partial charge on any atom is 0.125 e. The van der Waals surface area contributed by atoms with Crippen LogP contribution in [0.15, 0.2) is 18.2 Å². The molecular weight excluding hydrogens is 289 g/mol. The van der Waals surface area contributed by atoms with Crippen LogP contribution in [0.2, 0.25) is 0 Å². The molecule has 5 heteroatoms. The molecule has 3 rings (SSSR count). The van der Waals surface area contributed by atoms with E-state index in [0.29, 0.717) is 17.8 Å². The Morgan fingerprint density at radius 2 is 2.24 bits per heavy atom. The second kappa shape index (κ2) is 5.93. The number of aryl methyl sites for hydroxylation is 1. The van der Waals surface area contributed by atoms with Gasteiger partial charge in [-0.1, -0.05) is 6.92 Å². The van der Waals surface area contributed by atoms with Crippen molar-refractivity contribution in [3.8, 4) is 0 Å². The zero-order chi connectivity index (χ0) is 15.0. The van der Waals surface area contributed by atoms with Gasteiger partial charge in [0.05, 0.1) is 11.0 Å². The van der Waals surface area contributed by atoms with Gasteiger partial charge in [-0.15, -0.1) is 11.6 Å². The second-order valence-corrected chi connectivity index (χ2v) is 6.44. The Hall–Kier alpha value is -1.13. The molecule has 1 saturated heterocycles. The normalized spacial score (nSPS) is 23.8. The molecule has 21 heavy (non-hydrogen) atoms. The van der Waals surface area contributed by atoms with Gasteiger partial charge in [0.2, 0.25) is 0 Å². The lowest BCUT2D eigenvalue weighted by Crippen LogP contribution is -2.38. The fraction of sp³-hybridized carbons (Fsp3) is 0.562. The topological polar surface area (TPSA) is 21.1 Å². The van der Waals surface area contributed by atoms with Crippen molar-refractivity contribution in [3.05, 3.63) is 29.8 Å². The Labute approximate surface area is 129 Å². The molecule has 3 nitrogen and oxygen atoms in total. The number of likely N-dealkylation sites (tertiary alicyclic amines) is 1. The Bertz CT molecular complexity index is 640. The van der Waals surface area contributed by atoms with Gasteiger partial charge in [0.15, 0.2) is 0 Å². The summed E-state index contributed by atoms with van der Waals surface area (Å²) in [6, 6.07) is 5.30. The molecular formula is C16H21ClFN3. The number of hydrogen-bond donors (Lipinski definition) is 0. The van der Waals surface area contributed by atoms with E-state index in [-0.39, 0.29) is 5.82 Å². The quantitative estimate of drug-likeness (QED) is 0.810. The van der Waals surface area contributed by atoms with Crippen LogP contribution in [-0.2, 0) is 6.42 Å². The van der Waals surface area contributed by atoms with Crippen LogP contribution in [0.1, 0.15) is 25.2 Å². The van der Waals surface area contributed by atoms with Crippen molar-refractivity contribution in [2.45, 2.75) is 25.8 Å². The van der Waals surface area contributed by atoms with Crippen LogP contribution < -0.4 is 0 Å². The number of halogens is 2. The van der Waals surface area contributed by atoms with Gasteiger partial charge in [-0.05, 0) is 38.1 Å². The third-order valence-corrected chi connectivity index (χ3v) is 4.63. The minimum atomic E-state index is -0.235. The molecule has 1 aliphatic heterocycles. The zero-order valence-electron chi connectivity index (χ0n) is 12.5. The molecule has 0 saturated carbocycles. The predicted molar refractivity (Wildman–Crippen MR) is 84.4 cm³/mol. The molecule has 1 fully saturated rings. The Morgan fingerprint density at radius 1 is 1.43 bits per heavy atom. The zero-order valence-corrected chi connectivity index (χ0v) is 13.3. The molecule has 1 aromatic heterocycles. The van der Waals surface area contributed by atoms with Crippen molar-refractivity contribution in [1.29, 1.82) is 0 Å². The number of alkyl halides is 1. The van der Waals surface area contributed by atoms with E-state index in [9.17, 15) is 4.39 Å². The number of rotatable bonds is 3. The highest BCUT2D eigenvalue weighted by molar-refractivity contribution is 6.17. The van der Waals surface area contributed by atoms with Crippen LogP contribution in [0, 0.1) is 11.7 Å². The van der Waals surface area contributed by atoms with Crippen molar-refractivity contribution in [2.75, 3.05) is 26.0 Å². The minimum absolute atomic E-state index is 0.235. The highest BCUT2D eigenvalue weighted by Crippen LogP contribution is 2.32. The van der Waals surface area contributed by atoms with Crippen LogP contribution in [0.25, 0.3) is 11.0 Å². The summed E-state index contributed by atoms with van der Waals surface area (Å²) in [5.41, 5.74) is 1.76. The molecule has 0 bridgehead atoms. The molecule has 2 unspecified atom stereocenters. The van der Waals surface area contributed by atoms with E-state index in [1.54, 1.807) is 0 Å². The number of nitrogens with zero attached hydrogens (tertiary/aromatic N) is 3. The van der Waals surface area contributed by atoms with E-state index in [1.807, 2.05) is 6.07 Å². The number of hydrogen-bond acceptors (Lipinski definition) is 2. The molecule has 1 aliphatic rings. The van der Waals surface area contributed by atoms with Crippen molar-refractivity contribution in [2.24, 2.45) is 5.92 Å². The third-order valence-electron chi connectivity index (χ3n) is 4.44. The van der Waals surface area contributed by atoms with Crippen molar-refractivity contribution in [3.63, 3.8) is 0 Å². The van der Waals surface area contributed by atoms with E-state index in [1.165, 1.54) is 12.1 Å². The van der Waals surface area contributed by atoms with Crippen molar-refractivity contribution in [1.82, 2.24) is 14.5 Å². The number of benzene rings is 1. The molecule has 0 radical (unpaired) electrons. The molecule has 114 valence electrons. The maximum atomic E-state index is 13.5. The Balaban J connectivity index is 2.08. The van der Waals surface area contributed by atoms with Gasteiger partial charge in [-0.25, -0.2) is 9.37 Å². The molecule has 2 heterocycles. The van der Waals surface area contributed by atoms with Crippen molar-refractivity contribution >= 4 is 22.6 Å². The summed E-state index contributed by atoms with van der Waals surface area (Å²) < 4.78 is 15.8. The molecule has 2 atom stereocenters. The van der Waals surface area contributed by atoms with Crippen LogP contribution in [0.3, 0.4) is 0 Å². The third kappa shape index (κ3) is 2.79. The average Bonchev–Trinajstić information content (AvgIpc) is 2.76. The van der Waals surface area contributed by atoms with Crippen molar-refractivity contribution < 1.29 is 4.39 Å². The van der Waals surface area contributed by atoms with Gasteiger partial charge in [0.1, 0.15) is 11.6 Å². The summed E-state index contributed by atoms with van der Waals surface area (Å²) in [7, 11) is 2.16. The lowest BCUT2D eigenvalue weighted by atomic mass is 9.93. The van der Waals surface area contributed by atoms with E-state index < -0.39 is 0 Å². The monoisotopic (exact) mass is 309 g/mol. The molecule has 0 amide bonds. The number of fused-ring (bicyclic) bond motifs is 1. The maximum absolute atomic E-state index is 13.5. The Kier molecular flexibility index (Phi) is 4.18. The fourth-order valence-electron chi connectivity index (χ4n) is 3.48. The molecule has 2 aromatic rings. The first-order valence-electron chi connectivity index (χ1n) is 7.51. The SMILES string of the molecule is CC1CN(C)CCC1n1c(CCCl)nc2cc(F)ccc21. The van der Waals surface area contributed by atoms with Crippen LogP contribution in [0.5, 0.6) is 0 Å². The van der Waals surface area contributed by atoms with Gasteiger partial charge in [-0.3, -0.25) is 0 Å². The summed E-state index contributed by atoms with van der Waals surface area (Å²) in [5.74, 6) is 1.82. The number of imidazole rings is 1. The van der Waals surface area contributed by atoms with E-state index >= 15 is 0 Å². The van der Waals surface area contributed by atoms with Gasteiger partial charge >= 0.3 is 0 Å². The highest BCUT2D eigenvalue weighted by Gasteiger charge is 2.28. The summed E-state index contributed by atoms with van der Waals surface area (Å²) in [4.78, 5) is 6.98. The van der Waals surface area contributed by atoms with Gasteiger partial charge < -0.3 is 9.47 Å². The van der Waals surface area contributed by atoms with E-state index in [0.717, 1.165) is 42.8 Å². The van der Waals surface area contributed by atoms with Crippen LogP contribution in [0.4, 0.5) is 4.39 Å². The first-order chi connectivity index (χ1) is 10.1. The standard InChI is InChI=1S/C16H21ClFN3/c1-11-10-20(2)8-6-14(11)21-15-4-3-12(18)9-13(15)19-16(21)5-7-17/h3-4,9,11,14H,5-8,10H2,1-2H3. The first kappa shape index (κ1) is 14.8. The largest absolute Gasteiger partial charge is 0.324 e. The van der Waals surface area contributed by atoms with E-state index in [4.69, 9.17) is 11.6 Å². The lowest BCUT2D eigenvalue weighted by Gasteiger charge is -2.36. The van der Waals surface area contributed by atoms with Gasteiger partial charge in [-0.2, -0.15) is 0 Å². The summed E-state index contributed by atoms with van der Waals surface area (Å²) in [5, 5.41) is 0. The predicted octanol–water partition coefficient (Wildman–Crippen LogP) is 3.47. The summed E-state index contributed by atoms with van der Waals surface area (Å²) >= 11 is 5.93. The molecule has 0 N–H and O–H groups in total. The number of piperidine rings is 1. The first-order valence-corrected chi connectivity index (χ1v) is 8.04. The summed E-state index contributed by atoms with van der Waals surface area (Å²) in [6.45, 7) is 4.43. The fourth-order valence-corrected chi connectivity index (χ4v) is 3.65. The lowest BCUT2D eigenvalue weighted by molar-refractivity contribution is 0.159. The van der Waals surface area contributed by atoms with Crippen LogP contribution in [-0.4, -0.2) is 40.5 Å². The summed E-state index contributed by atoms with van der Waals surface area (Å²) in [6.07, 6.45) is 1.81. The highest BCUT2D eigenvalue weighted by atomic mass is 35.5.